The molecule has 0 bridgehead atoms. The molecule has 4 heteroatoms. The zero-order valence-corrected chi connectivity index (χ0v) is 10.9. The van der Waals surface area contributed by atoms with Gasteiger partial charge in [-0.2, -0.15) is 11.8 Å². The highest BCUT2D eigenvalue weighted by molar-refractivity contribution is 7.98. The predicted octanol–water partition coefficient (Wildman–Crippen LogP) is 0.783. The molecule has 1 aliphatic carbocycles. The second-order valence-electron chi connectivity index (χ2n) is 4.58. The molecule has 2 N–H and O–H groups in total. The number of rotatable bonds is 8. The quantitative estimate of drug-likeness (QED) is 0.648. The minimum absolute atomic E-state index is 0.236. The molecule has 2 atom stereocenters. The van der Waals surface area contributed by atoms with Crippen molar-refractivity contribution >= 4 is 11.8 Å². The van der Waals surface area contributed by atoms with E-state index in [1.807, 2.05) is 11.8 Å². The van der Waals surface area contributed by atoms with Gasteiger partial charge in [-0.15, -0.1) is 0 Å². The van der Waals surface area contributed by atoms with Gasteiger partial charge in [0.25, 0.3) is 0 Å². The third-order valence-corrected chi connectivity index (χ3v) is 3.69. The fraction of sp³-hybridized carbons (Fsp3) is 1.00. The molecule has 0 aromatic rings. The fourth-order valence-corrected chi connectivity index (χ4v) is 2.27. The van der Waals surface area contributed by atoms with Crippen LogP contribution < -0.4 is 5.32 Å². The lowest BCUT2D eigenvalue weighted by atomic mass is 10.2. The van der Waals surface area contributed by atoms with Crippen molar-refractivity contribution in [1.29, 1.82) is 0 Å². The Hall–Kier alpha value is 0.230. The molecule has 90 valence electrons. The second-order valence-corrected chi connectivity index (χ2v) is 5.49. The highest BCUT2D eigenvalue weighted by Gasteiger charge is 2.22. The Kier molecular flexibility index (Phi) is 5.97. The first-order chi connectivity index (χ1) is 7.13. The smallest absolute Gasteiger partial charge is 0.0791 e. The van der Waals surface area contributed by atoms with Crippen molar-refractivity contribution in [1.82, 2.24) is 10.2 Å². The molecule has 15 heavy (non-hydrogen) atoms. The van der Waals surface area contributed by atoms with Crippen LogP contribution in [-0.2, 0) is 0 Å². The van der Waals surface area contributed by atoms with Crippen LogP contribution in [0.2, 0.25) is 0 Å². The van der Waals surface area contributed by atoms with E-state index in [0.717, 1.165) is 18.8 Å². The minimum atomic E-state index is -0.236. The molecular weight excluding hydrogens is 208 g/mol. The van der Waals surface area contributed by atoms with E-state index in [1.165, 1.54) is 12.8 Å². The zero-order valence-electron chi connectivity index (χ0n) is 10.1. The zero-order chi connectivity index (χ0) is 11.3. The van der Waals surface area contributed by atoms with Crippen LogP contribution in [0.5, 0.6) is 0 Å². The summed E-state index contributed by atoms with van der Waals surface area (Å²) >= 11 is 1.85. The lowest BCUT2D eigenvalue weighted by Gasteiger charge is -2.26. The molecule has 0 radical (unpaired) electrons. The molecular formula is C11H24N2OS. The van der Waals surface area contributed by atoms with Gasteiger partial charge in [0.1, 0.15) is 0 Å². The van der Waals surface area contributed by atoms with Crippen LogP contribution in [-0.4, -0.2) is 60.3 Å². The third kappa shape index (κ3) is 5.76. The number of aliphatic hydroxyl groups excluding tert-OH is 1. The van der Waals surface area contributed by atoms with Gasteiger partial charge in [-0.3, -0.25) is 0 Å². The average molecular weight is 232 g/mol. The van der Waals surface area contributed by atoms with Gasteiger partial charge in [-0.1, -0.05) is 0 Å². The molecule has 0 aliphatic heterocycles. The highest BCUT2D eigenvalue weighted by Crippen LogP contribution is 2.18. The van der Waals surface area contributed by atoms with E-state index in [4.69, 9.17) is 0 Å². The summed E-state index contributed by atoms with van der Waals surface area (Å²) in [7, 11) is 2.08. The van der Waals surface area contributed by atoms with E-state index in [-0.39, 0.29) is 6.10 Å². The second kappa shape index (κ2) is 6.74. The summed E-state index contributed by atoms with van der Waals surface area (Å²) < 4.78 is 0. The van der Waals surface area contributed by atoms with E-state index in [2.05, 4.69) is 30.4 Å². The maximum absolute atomic E-state index is 9.80. The van der Waals surface area contributed by atoms with Crippen LogP contribution in [0.1, 0.15) is 19.8 Å². The topological polar surface area (TPSA) is 35.5 Å². The first kappa shape index (κ1) is 13.3. The molecule has 1 aliphatic rings. The molecule has 1 fully saturated rings. The Morgan fingerprint density at radius 2 is 2.20 bits per heavy atom. The monoisotopic (exact) mass is 232 g/mol. The Morgan fingerprint density at radius 3 is 2.73 bits per heavy atom. The van der Waals surface area contributed by atoms with Gasteiger partial charge in [-0.05, 0) is 33.1 Å². The SMILES string of the molecule is CSCC(C)N(C)CC(O)CNC1CC1. The van der Waals surface area contributed by atoms with Crippen molar-refractivity contribution in [2.45, 2.75) is 38.0 Å². The molecule has 0 amide bonds. The molecule has 0 heterocycles. The number of nitrogens with one attached hydrogen (secondary N) is 1. The van der Waals surface area contributed by atoms with E-state index in [0.29, 0.717) is 12.1 Å². The average Bonchev–Trinajstić information content (AvgIpc) is 2.98. The van der Waals surface area contributed by atoms with Gasteiger partial charge >= 0.3 is 0 Å². The van der Waals surface area contributed by atoms with E-state index >= 15 is 0 Å². The fourth-order valence-electron chi connectivity index (χ4n) is 1.54. The standard InChI is InChI=1S/C11H24N2OS/c1-9(8-15-3)13(2)7-11(14)6-12-10-4-5-10/h9-12,14H,4-8H2,1-3H3. The molecule has 2 unspecified atom stereocenters. The lowest BCUT2D eigenvalue weighted by molar-refractivity contribution is 0.111. The minimum Gasteiger partial charge on any atom is -0.390 e. The van der Waals surface area contributed by atoms with Gasteiger partial charge in [0.15, 0.2) is 0 Å². The Bertz CT molecular complexity index is 176. The lowest BCUT2D eigenvalue weighted by Crippen LogP contribution is -2.41. The van der Waals surface area contributed by atoms with Crippen LogP contribution in [0.15, 0.2) is 0 Å². The van der Waals surface area contributed by atoms with Crippen molar-refractivity contribution in [2.24, 2.45) is 0 Å². The van der Waals surface area contributed by atoms with E-state index in [9.17, 15) is 5.11 Å². The summed E-state index contributed by atoms with van der Waals surface area (Å²) in [6, 6.07) is 1.23. The van der Waals surface area contributed by atoms with Gasteiger partial charge in [0.05, 0.1) is 6.10 Å². The van der Waals surface area contributed by atoms with Crippen molar-refractivity contribution in [2.75, 3.05) is 32.1 Å². The van der Waals surface area contributed by atoms with E-state index < -0.39 is 0 Å². The number of thioether (sulfide) groups is 1. The van der Waals surface area contributed by atoms with E-state index in [1.54, 1.807) is 0 Å². The summed E-state index contributed by atoms with van der Waals surface area (Å²) in [6.07, 6.45) is 4.45. The summed E-state index contributed by atoms with van der Waals surface area (Å²) in [5, 5.41) is 13.2. The molecule has 1 saturated carbocycles. The maximum Gasteiger partial charge on any atom is 0.0791 e. The highest BCUT2D eigenvalue weighted by atomic mass is 32.2. The first-order valence-corrected chi connectivity index (χ1v) is 7.13. The van der Waals surface area contributed by atoms with Crippen LogP contribution in [0.4, 0.5) is 0 Å². The number of nitrogens with zero attached hydrogens (tertiary/aromatic N) is 1. The number of likely N-dealkylation sites (N-methyl/N-ethyl adjacent to an activating group) is 1. The molecule has 3 nitrogen and oxygen atoms in total. The molecule has 1 rings (SSSR count). The maximum atomic E-state index is 9.80. The van der Waals surface area contributed by atoms with Gasteiger partial charge < -0.3 is 15.3 Å². The summed E-state index contributed by atoms with van der Waals surface area (Å²) in [5.41, 5.74) is 0. The molecule has 0 aromatic heterocycles. The van der Waals surface area contributed by atoms with Crippen LogP contribution in [0, 0.1) is 0 Å². The van der Waals surface area contributed by atoms with Gasteiger partial charge in [0.2, 0.25) is 0 Å². The number of hydrogen-bond acceptors (Lipinski definition) is 4. The third-order valence-electron chi connectivity index (χ3n) is 2.88. The van der Waals surface area contributed by atoms with Crippen molar-refractivity contribution in [3.05, 3.63) is 0 Å². The number of hydrogen-bond donors (Lipinski definition) is 2. The first-order valence-electron chi connectivity index (χ1n) is 5.74. The summed E-state index contributed by atoms with van der Waals surface area (Å²) in [5.74, 6) is 1.12. The molecule has 0 spiro atoms. The van der Waals surface area contributed by atoms with Gasteiger partial charge in [0, 0.05) is 30.9 Å². The summed E-state index contributed by atoms with van der Waals surface area (Å²) in [4.78, 5) is 2.23. The molecule has 0 aromatic carbocycles. The van der Waals surface area contributed by atoms with Crippen molar-refractivity contribution in [3.8, 4) is 0 Å². The van der Waals surface area contributed by atoms with Crippen LogP contribution in [0.3, 0.4) is 0 Å². The number of aliphatic hydroxyl groups is 1. The Labute approximate surface area is 97.6 Å². The normalized spacial score (nSPS) is 20.6. The van der Waals surface area contributed by atoms with Crippen LogP contribution in [0.25, 0.3) is 0 Å². The van der Waals surface area contributed by atoms with Gasteiger partial charge in [-0.25, -0.2) is 0 Å². The summed E-state index contributed by atoms with van der Waals surface area (Å²) in [6.45, 7) is 3.71. The Morgan fingerprint density at radius 1 is 1.53 bits per heavy atom. The van der Waals surface area contributed by atoms with Crippen molar-refractivity contribution < 1.29 is 5.11 Å². The largest absolute Gasteiger partial charge is 0.390 e. The molecule has 0 saturated heterocycles. The van der Waals surface area contributed by atoms with Crippen molar-refractivity contribution in [3.63, 3.8) is 0 Å². The Balaban J connectivity index is 2.08. The predicted molar refractivity (Wildman–Crippen MR) is 67.5 cm³/mol. The van der Waals surface area contributed by atoms with Crippen LogP contribution >= 0.6 is 11.8 Å².